The quantitative estimate of drug-likeness (QED) is 0.169. The van der Waals surface area contributed by atoms with Crippen molar-refractivity contribution in [1.29, 1.82) is 0 Å². The highest BCUT2D eigenvalue weighted by molar-refractivity contribution is 6.04. The summed E-state index contributed by atoms with van der Waals surface area (Å²) in [5, 5.41) is 0. The summed E-state index contributed by atoms with van der Waals surface area (Å²) in [5.74, 6) is 0. The molecule has 0 unspecified atom stereocenters. The van der Waals surface area contributed by atoms with Crippen LogP contribution >= 0.6 is 0 Å². The summed E-state index contributed by atoms with van der Waals surface area (Å²) in [6, 6.07) is 34.0. The smallest absolute Gasteiger partial charge is 0.00554 e. The van der Waals surface area contributed by atoms with Gasteiger partial charge in [0, 0.05) is 0 Å². The summed E-state index contributed by atoms with van der Waals surface area (Å²) in [4.78, 5) is 0. The van der Waals surface area contributed by atoms with Crippen molar-refractivity contribution >= 4 is 0 Å². The van der Waals surface area contributed by atoms with E-state index in [4.69, 9.17) is 0 Å². The highest BCUT2D eigenvalue weighted by Gasteiger charge is 2.39. The molecule has 62 heavy (non-hydrogen) atoms. The molecule has 0 amide bonds. The molecule has 0 aromatic heterocycles. The highest BCUT2D eigenvalue weighted by atomic mass is 14.4. The Hall–Kier alpha value is -3.90. The van der Waals surface area contributed by atoms with E-state index in [9.17, 15) is 0 Å². The van der Waals surface area contributed by atoms with Gasteiger partial charge in [-0.2, -0.15) is 0 Å². The van der Waals surface area contributed by atoms with Crippen molar-refractivity contribution in [1.82, 2.24) is 0 Å². The highest BCUT2D eigenvalue weighted by Crippen LogP contribution is 2.58. The molecule has 0 heterocycles. The molecule has 334 valence electrons. The molecule has 0 atom stereocenters. The third-order valence-corrected chi connectivity index (χ3v) is 12.9. The summed E-state index contributed by atoms with van der Waals surface area (Å²) < 4.78 is 0. The molecule has 0 aliphatic heterocycles. The third-order valence-electron chi connectivity index (χ3n) is 12.9. The maximum Gasteiger partial charge on any atom is -0.00554 e. The topological polar surface area (TPSA) is 0 Å². The van der Waals surface area contributed by atoms with Crippen molar-refractivity contribution in [2.45, 2.75) is 209 Å². The Morgan fingerprint density at radius 3 is 0.694 bits per heavy atom. The Labute approximate surface area is 381 Å². The van der Waals surface area contributed by atoms with Gasteiger partial charge in [0.05, 0.1) is 0 Å². The van der Waals surface area contributed by atoms with Gasteiger partial charge in [-0.15, -0.1) is 0 Å². The maximum atomic E-state index is 2.56. The van der Waals surface area contributed by atoms with Gasteiger partial charge in [0.2, 0.25) is 0 Å². The summed E-state index contributed by atoms with van der Waals surface area (Å²) in [6.45, 7) is 57.7. The second-order valence-corrected chi connectivity index (χ2v) is 26.9. The normalized spacial score (nSPS) is 13.8. The molecule has 5 rings (SSSR count). The molecule has 5 aromatic rings. The Balaban J connectivity index is 2.39. The van der Waals surface area contributed by atoms with E-state index in [0.29, 0.717) is 0 Å². The van der Waals surface area contributed by atoms with E-state index in [1.54, 1.807) is 0 Å². The first kappa shape index (κ1) is 49.1. The maximum absolute atomic E-state index is 2.56. The van der Waals surface area contributed by atoms with Crippen LogP contribution in [-0.2, 0) is 43.3 Å². The molecule has 0 nitrogen and oxygen atoms in total. The van der Waals surface area contributed by atoms with Crippen LogP contribution in [0.25, 0.3) is 44.5 Å². The van der Waals surface area contributed by atoms with Crippen LogP contribution in [0, 0.1) is 0 Å². The molecule has 0 spiro atoms. The largest absolute Gasteiger partial charge is 0.0619 e. The van der Waals surface area contributed by atoms with Crippen LogP contribution in [0.5, 0.6) is 0 Å². The van der Waals surface area contributed by atoms with E-state index >= 15 is 0 Å². The number of rotatable bonds is 4. The first-order valence-corrected chi connectivity index (χ1v) is 23.6. The second-order valence-electron chi connectivity index (χ2n) is 26.9. The van der Waals surface area contributed by atoms with E-state index in [1.807, 2.05) is 0 Å². The fourth-order valence-corrected chi connectivity index (χ4v) is 9.35. The Morgan fingerprint density at radius 2 is 0.484 bits per heavy atom. The molecule has 0 N–H and O–H groups in total. The van der Waals surface area contributed by atoms with Gasteiger partial charge in [-0.1, -0.05) is 251 Å². The zero-order valence-electron chi connectivity index (χ0n) is 44.1. The first-order chi connectivity index (χ1) is 27.8. The van der Waals surface area contributed by atoms with Crippen molar-refractivity contribution in [2.24, 2.45) is 0 Å². The van der Waals surface area contributed by atoms with Gasteiger partial charge in [-0.05, 0) is 132 Å². The summed E-state index contributed by atoms with van der Waals surface area (Å²) in [7, 11) is 0. The molecule has 0 heteroatoms. The SMILES string of the molecule is CC(C)(C)c1cc(-c2c(-c3ccccc3C(C)(C)C)c(C(C)(C)C)c(-c3cc(C(C)(C)C)cc(C(C)(C)C)c3)c(-c3ccccc3C(C)(C)C)c2C(C)(C)C)cc(C(C)(C)C)c1. The van der Waals surface area contributed by atoms with Gasteiger partial charge in [0.15, 0.2) is 0 Å². The number of hydrogen-bond acceptors (Lipinski definition) is 0. The van der Waals surface area contributed by atoms with E-state index in [2.05, 4.69) is 251 Å². The predicted octanol–water partition coefficient (Wildman–Crippen LogP) is 18.7. The van der Waals surface area contributed by atoms with Crippen LogP contribution in [0.3, 0.4) is 0 Å². The van der Waals surface area contributed by atoms with E-state index < -0.39 is 0 Å². The van der Waals surface area contributed by atoms with Crippen LogP contribution in [0.2, 0.25) is 0 Å². The Kier molecular flexibility index (Phi) is 12.6. The third kappa shape index (κ3) is 10.1. The zero-order chi connectivity index (χ0) is 47.1. The molecule has 0 bridgehead atoms. The van der Waals surface area contributed by atoms with Crippen LogP contribution in [0.4, 0.5) is 0 Å². The van der Waals surface area contributed by atoms with Crippen LogP contribution in [-0.4, -0.2) is 0 Å². The van der Waals surface area contributed by atoms with Gasteiger partial charge < -0.3 is 0 Å². The Morgan fingerprint density at radius 1 is 0.242 bits per heavy atom. The lowest BCUT2D eigenvalue weighted by Crippen LogP contribution is -2.25. The minimum atomic E-state index is -0.264. The summed E-state index contributed by atoms with van der Waals surface area (Å²) in [5.41, 5.74) is 21.0. The molecular weight excluding hydrogens is 745 g/mol. The molecular formula is C62H86. The number of benzene rings is 5. The van der Waals surface area contributed by atoms with E-state index in [1.165, 1.54) is 89.0 Å². The van der Waals surface area contributed by atoms with Crippen molar-refractivity contribution in [3.05, 3.63) is 129 Å². The standard InChI is InChI=1S/C62H86/c1-55(2,3)41-33-39(34-42(37-41)56(4,5)6)49-51(45-29-25-27-31-47(45)59(13,14)15)54(62(22,23)24)50(40-35-43(57(7,8)9)38-44(36-40)58(10,11)12)52(53(49)61(19,20)21)46-30-26-28-32-48(46)60(16,17)18/h25-38H,1-24H3. The zero-order valence-corrected chi connectivity index (χ0v) is 44.1. The summed E-state index contributed by atoms with van der Waals surface area (Å²) in [6.07, 6.45) is 0. The van der Waals surface area contributed by atoms with Gasteiger partial charge in [-0.3, -0.25) is 0 Å². The van der Waals surface area contributed by atoms with Gasteiger partial charge in [0.25, 0.3) is 0 Å². The average Bonchev–Trinajstić information content (AvgIpc) is 3.10. The molecule has 0 aliphatic rings. The average molecular weight is 831 g/mol. The predicted molar refractivity (Wildman–Crippen MR) is 278 cm³/mol. The molecule has 0 radical (unpaired) electrons. The molecule has 0 aliphatic carbocycles. The first-order valence-electron chi connectivity index (χ1n) is 23.6. The summed E-state index contributed by atoms with van der Waals surface area (Å²) >= 11 is 0. The van der Waals surface area contributed by atoms with Gasteiger partial charge >= 0.3 is 0 Å². The van der Waals surface area contributed by atoms with Crippen molar-refractivity contribution < 1.29 is 0 Å². The van der Waals surface area contributed by atoms with Crippen molar-refractivity contribution in [3.8, 4) is 44.5 Å². The monoisotopic (exact) mass is 831 g/mol. The second kappa shape index (κ2) is 16.0. The van der Waals surface area contributed by atoms with Crippen LogP contribution in [0.1, 0.15) is 211 Å². The fourth-order valence-electron chi connectivity index (χ4n) is 9.35. The Bertz CT molecular complexity index is 2200. The van der Waals surface area contributed by atoms with Crippen LogP contribution < -0.4 is 0 Å². The lowest BCUT2D eigenvalue weighted by molar-refractivity contribution is 0.567. The lowest BCUT2D eigenvalue weighted by atomic mass is 9.63. The lowest BCUT2D eigenvalue weighted by Gasteiger charge is -2.40. The molecule has 5 aromatic carbocycles. The van der Waals surface area contributed by atoms with Gasteiger partial charge in [0.1, 0.15) is 0 Å². The molecule has 0 saturated heterocycles. The van der Waals surface area contributed by atoms with Crippen molar-refractivity contribution in [3.63, 3.8) is 0 Å². The number of hydrogen-bond donors (Lipinski definition) is 0. The minimum absolute atomic E-state index is 0.0490. The molecule has 0 fully saturated rings. The van der Waals surface area contributed by atoms with Gasteiger partial charge in [-0.25, -0.2) is 0 Å². The minimum Gasteiger partial charge on any atom is -0.0619 e. The van der Waals surface area contributed by atoms with E-state index in [0.717, 1.165) is 0 Å². The van der Waals surface area contributed by atoms with Crippen molar-refractivity contribution in [2.75, 3.05) is 0 Å². The fraction of sp³-hybridized carbons (Fsp3) is 0.516. The molecule has 0 saturated carbocycles. The van der Waals surface area contributed by atoms with E-state index in [-0.39, 0.29) is 43.3 Å². The van der Waals surface area contributed by atoms with Crippen LogP contribution in [0.15, 0.2) is 84.9 Å².